The molecule has 1 aromatic rings. The van der Waals surface area contributed by atoms with Crippen LogP contribution >= 0.6 is 0 Å². The number of hydrogen-bond acceptors (Lipinski definition) is 5. The van der Waals surface area contributed by atoms with Gasteiger partial charge in [-0.3, -0.25) is 4.90 Å². The lowest BCUT2D eigenvalue weighted by molar-refractivity contribution is 0.0979. The Morgan fingerprint density at radius 2 is 2.19 bits per heavy atom. The van der Waals surface area contributed by atoms with Gasteiger partial charge in [-0.2, -0.15) is 0 Å². The molecule has 5 nitrogen and oxygen atoms in total. The van der Waals surface area contributed by atoms with Crippen molar-refractivity contribution in [2.45, 2.75) is 64.3 Å². The number of nitrogens with zero attached hydrogens (tertiary/aromatic N) is 2. The van der Waals surface area contributed by atoms with Gasteiger partial charge in [-0.05, 0) is 33.1 Å². The first-order valence-electron chi connectivity index (χ1n) is 8.11. The Morgan fingerprint density at radius 3 is 2.86 bits per heavy atom. The van der Waals surface area contributed by atoms with Crippen molar-refractivity contribution in [2.75, 3.05) is 20.2 Å². The average molecular weight is 293 g/mol. The Labute approximate surface area is 127 Å². The van der Waals surface area contributed by atoms with E-state index in [0.717, 1.165) is 24.5 Å². The van der Waals surface area contributed by atoms with Crippen molar-refractivity contribution in [3.63, 3.8) is 0 Å². The van der Waals surface area contributed by atoms with Gasteiger partial charge in [0.2, 0.25) is 0 Å². The van der Waals surface area contributed by atoms with E-state index in [4.69, 9.17) is 9.26 Å². The average Bonchev–Trinajstić information content (AvgIpc) is 3.18. The van der Waals surface area contributed by atoms with Crippen LogP contribution in [0.15, 0.2) is 4.52 Å². The van der Waals surface area contributed by atoms with Gasteiger partial charge in [0, 0.05) is 44.4 Å². The van der Waals surface area contributed by atoms with Crippen LogP contribution in [0.3, 0.4) is 0 Å². The fraction of sp³-hybridized carbons (Fsp3) is 0.812. The molecule has 5 heteroatoms. The molecule has 2 aliphatic rings. The molecule has 21 heavy (non-hydrogen) atoms. The van der Waals surface area contributed by atoms with Crippen LogP contribution < -0.4 is 5.32 Å². The molecule has 1 aromatic heterocycles. The molecule has 2 fully saturated rings. The molecule has 1 saturated carbocycles. The van der Waals surface area contributed by atoms with E-state index in [9.17, 15) is 0 Å². The van der Waals surface area contributed by atoms with Gasteiger partial charge in [0.15, 0.2) is 0 Å². The second kappa shape index (κ2) is 6.46. The molecule has 0 amide bonds. The van der Waals surface area contributed by atoms with E-state index in [1.807, 2.05) is 21.0 Å². The van der Waals surface area contributed by atoms with E-state index in [1.165, 1.54) is 37.8 Å². The number of ether oxygens (including phenoxy) is 1. The lowest BCUT2D eigenvalue weighted by atomic mass is 10.1. The van der Waals surface area contributed by atoms with Crippen LogP contribution in [0.4, 0.5) is 0 Å². The van der Waals surface area contributed by atoms with Gasteiger partial charge in [0.1, 0.15) is 5.76 Å². The molecule has 2 heterocycles. The quantitative estimate of drug-likeness (QED) is 0.900. The molecule has 0 aromatic carbocycles. The summed E-state index contributed by atoms with van der Waals surface area (Å²) in [5.41, 5.74) is 2.23. The first-order valence-corrected chi connectivity index (χ1v) is 8.11. The minimum absolute atomic E-state index is 0.425. The molecule has 1 aliphatic carbocycles. The first-order chi connectivity index (χ1) is 10.2. The van der Waals surface area contributed by atoms with E-state index in [1.54, 1.807) is 0 Å². The lowest BCUT2D eigenvalue weighted by Gasteiger charge is -2.30. The smallest absolute Gasteiger partial charge is 0.138 e. The molecule has 0 bridgehead atoms. The summed E-state index contributed by atoms with van der Waals surface area (Å²) in [5.74, 6) is 0.940. The first kappa shape index (κ1) is 15.0. The highest BCUT2D eigenvalue weighted by Crippen LogP contribution is 2.28. The maximum atomic E-state index is 5.50. The predicted molar refractivity (Wildman–Crippen MR) is 81.2 cm³/mol. The maximum absolute atomic E-state index is 5.50. The topological polar surface area (TPSA) is 50.5 Å². The molecular weight excluding hydrogens is 266 g/mol. The van der Waals surface area contributed by atoms with Gasteiger partial charge in [-0.25, -0.2) is 0 Å². The lowest BCUT2D eigenvalue weighted by Crippen LogP contribution is -2.46. The normalized spacial score (nSPS) is 30.3. The molecule has 1 unspecified atom stereocenters. The molecule has 3 atom stereocenters. The van der Waals surface area contributed by atoms with Gasteiger partial charge >= 0.3 is 0 Å². The molecule has 0 radical (unpaired) electrons. The third-order valence-corrected chi connectivity index (χ3v) is 5.18. The van der Waals surface area contributed by atoms with E-state index in [2.05, 4.69) is 15.4 Å². The van der Waals surface area contributed by atoms with Gasteiger partial charge in [0.05, 0.1) is 11.8 Å². The SMILES string of the molecule is COC1CCN([C@H]2CCC[C@H]2NCc2c(C)noc2C)C1. The van der Waals surface area contributed by atoms with Crippen LogP contribution in [0.2, 0.25) is 0 Å². The number of hydrogen-bond donors (Lipinski definition) is 1. The van der Waals surface area contributed by atoms with Crippen LogP contribution in [0, 0.1) is 13.8 Å². The zero-order valence-electron chi connectivity index (χ0n) is 13.4. The summed E-state index contributed by atoms with van der Waals surface area (Å²) in [7, 11) is 1.83. The van der Waals surface area contributed by atoms with Gasteiger partial charge in [-0.15, -0.1) is 0 Å². The Hall–Kier alpha value is -0.910. The van der Waals surface area contributed by atoms with Crippen molar-refractivity contribution in [2.24, 2.45) is 0 Å². The van der Waals surface area contributed by atoms with Crippen molar-refractivity contribution in [1.29, 1.82) is 0 Å². The second-order valence-electron chi connectivity index (χ2n) is 6.43. The second-order valence-corrected chi connectivity index (χ2v) is 6.43. The van der Waals surface area contributed by atoms with Crippen LogP contribution in [0.1, 0.15) is 42.7 Å². The van der Waals surface area contributed by atoms with Gasteiger partial charge in [0.25, 0.3) is 0 Å². The number of rotatable bonds is 5. The van der Waals surface area contributed by atoms with Gasteiger partial charge in [-0.1, -0.05) is 11.6 Å². The third kappa shape index (κ3) is 3.15. The fourth-order valence-corrected chi connectivity index (χ4v) is 3.85. The Bertz CT molecular complexity index is 455. The molecule has 0 spiro atoms. The molecule has 3 rings (SSSR count). The minimum atomic E-state index is 0.425. The predicted octanol–water partition coefficient (Wildman–Crippen LogP) is 2.02. The number of nitrogens with one attached hydrogen (secondary N) is 1. The van der Waals surface area contributed by atoms with Crippen molar-refractivity contribution >= 4 is 0 Å². The number of likely N-dealkylation sites (tertiary alicyclic amines) is 1. The molecule has 1 saturated heterocycles. The molecular formula is C16H27N3O2. The zero-order chi connectivity index (χ0) is 14.8. The standard InChI is InChI=1S/C16H27N3O2/c1-11-14(12(2)21-18-11)9-17-15-5-4-6-16(15)19-8-7-13(10-19)20-3/h13,15-17H,4-10H2,1-3H3/t13?,15-,16+/m1/s1. The van der Waals surface area contributed by atoms with Crippen molar-refractivity contribution in [3.8, 4) is 0 Å². The highest BCUT2D eigenvalue weighted by atomic mass is 16.5. The monoisotopic (exact) mass is 293 g/mol. The minimum Gasteiger partial charge on any atom is -0.380 e. The Balaban J connectivity index is 1.57. The van der Waals surface area contributed by atoms with Crippen LogP contribution in [-0.4, -0.2) is 48.4 Å². The van der Waals surface area contributed by atoms with E-state index in [-0.39, 0.29) is 0 Å². The van der Waals surface area contributed by atoms with Crippen LogP contribution in [0.25, 0.3) is 0 Å². The Morgan fingerprint density at radius 1 is 1.33 bits per heavy atom. The summed E-state index contributed by atoms with van der Waals surface area (Å²) in [6.45, 7) is 7.14. The van der Waals surface area contributed by atoms with Crippen molar-refractivity contribution in [3.05, 3.63) is 17.0 Å². The summed E-state index contributed by atoms with van der Waals surface area (Å²) in [6.07, 6.45) is 5.48. The summed E-state index contributed by atoms with van der Waals surface area (Å²) >= 11 is 0. The maximum Gasteiger partial charge on any atom is 0.138 e. The largest absolute Gasteiger partial charge is 0.380 e. The summed E-state index contributed by atoms with van der Waals surface area (Å²) in [5, 5.41) is 7.78. The van der Waals surface area contributed by atoms with E-state index < -0.39 is 0 Å². The summed E-state index contributed by atoms with van der Waals surface area (Å²) < 4.78 is 10.8. The van der Waals surface area contributed by atoms with Crippen molar-refractivity contribution < 1.29 is 9.26 Å². The van der Waals surface area contributed by atoms with Crippen LogP contribution in [0.5, 0.6) is 0 Å². The molecule has 118 valence electrons. The van der Waals surface area contributed by atoms with Crippen molar-refractivity contribution in [1.82, 2.24) is 15.4 Å². The summed E-state index contributed by atoms with van der Waals surface area (Å²) in [4.78, 5) is 2.62. The third-order valence-electron chi connectivity index (χ3n) is 5.18. The van der Waals surface area contributed by atoms with Gasteiger partial charge < -0.3 is 14.6 Å². The molecule has 1 N–H and O–H groups in total. The zero-order valence-corrected chi connectivity index (χ0v) is 13.4. The van der Waals surface area contributed by atoms with Crippen LogP contribution in [-0.2, 0) is 11.3 Å². The van der Waals surface area contributed by atoms with E-state index in [0.29, 0.717) is 18.2 Å². The number of aryl methyl sites for hydroxylation is 2. The highest BCUT2D eigenvalue weighted by molar-refractivity contribution is 5.20. The fourth-order valence-electron chi connectivity index (χ4n) is 3.85. The highest BCUT2D eigenvalue weighted by Gasteiger charge is 2.35. The number of aromatic nitrogens is 1. The molecule has 1 aliphatic heterocycles. The Kier molecular flexibility index (Phi) is 4.62. The summed E-state index contributed by atoms with van der Waals surface area (Å²) in [6, 6.07) is 1.24. The number of methoxy groups -OCH3 is 1. The van der Waals surface area contributed by atoms with E-state index >= 15 is 0 Å².